The van der Waals surface area contributed by atoms with E-state index < -0.39 is 0 Å². The van der Waals surface area contributed by atoms with Crippen molar-refractivity contribution in [3.63, 3.8) is 0 Å². The van der Waals surface area contributed by atoms with Crippen molar-refractivity contribution in [2.24, 2.45) is 0 Å². The molecule has 1 saturated carbocycles. The molecule has 0 aromatic carbocycles. The number of rotatable bonds is 4. The van der Waals surface area contributed by atoms with Crippen LogP contribution in [0.25, 0.3) is 0 Å². The zero-order valence-corrected chi connectivity index (χ0v) is 12.6. The molecule has 0 aliphatic heterocycles. The predicted molar refractivity (Wildman–Crippen MR) is 81.8 cm³/mol. The maximum absolute atomic E-state index is 11.9. The summed E-state index contributed by atoms with van der Waals surface area (Å²) in [5, 5.41) is 11.7. The standard InChI is InChI=1S/C17H17N3O3/c18-10-12-3-8-16(19-11-12)23-14-6-4-13(5-7-14)20-17(21)15-2-1-9-22-15/h1-3,8-9,11,13-14H,4-7H2,(H,20,21). The number of hydrogen-bond donors (Lipinski definition) is 1. The zero-order valence-electron chi connectivity index (χ0n) is 12.6. The normalized spacial score (nSPS) is 20.5. The van der Waals surface area contributed by atoms with E-state index in [4.69, 9.17) is 14.4 Å². The van der Waals surface area contributed by atoms with Crippen molar-refractivity contribution in [3.05, 3.63) is 48.0 Å². The number of nitriles is 1. The Kier molecular flexibility index (Phi) is 4.57. The number of nitrogens with one attached hydrogen (secondary N) is 1. The minimum absolute atomic E-state index is 0.0900. The fourth-order valence-corrected chi connectivity index (χ4v) is 2.68. The first kappa shape index (κ1) is 15.1. The maximum Gasteiger partial charge on any atom is 0.287 e. The molecule has 1 amide bonds. The van der Waals surface area contributed by atoms with Gasteiger partial charge in [-0.05, 0) is 43.9 Å². The Morgan fingerprint density at radius 1 is 1.30 bits per heavy atom. The van der Waals surface area contributed by atoms with Crippen LogP contribution in [0.1, 0.15) is 41.8 Å². The van der Waals surface area contributed by atoms with Gasteiger partial charge in [-0.1, -0.05) is 0 Å². The first-order valence-corrected chi connectivity index (χ1v) is 7.62. The molecule has 1 aliphatic rings. The summed E-state index contributed by atoms with van der Waals surface area (Å²) >= 11 is 0. The average molecular weight is 311 g/mol. The molecule has 0 saturated heterocycles. The SMILES string of the molecule is N#Cc1ccc(OC2CCC(NC(=O)c3ccco3)CC2)nc1. The summed E-state index contributed by atoms with van der Waals surface area (Å²) < 4.78 is 10.9. The monoisotopic (exact) mass is 311 g/mol. The molecule has 1 fully saturated rings. The van der Waals surface area contributed by atoms with E-state index in [9.17, 15) is 4.79 Å². The van der Waals surface area contributed by atoms with Crippen LogP contribution in [0.3, 0.4) is 0 Å². The fraction of sp³-hybridized carbons (Fsp3) is 0.353. The molecule has 0 bridgehead atoms. The Balaban J connectivity index is 1.46. The minimum atomic E-state index is -0.173. The van der Waals surface area contributed by atoms with Crippen LogP contribution in [0, 0.1) is 11.3 Å². The number of carbonyl (C=O) groups excluding carboxylic acids is 1. The predicted octanol–water partition coefficient (Wildman–Crippen LogP) is 2.67. The largest absolute Gasteiger partial charge is 0.474 e. The lowest BCUT2D eigenvalue weighted by molar-refractivity contribution is 0.0863. The quantitative estimate of drug-likeness (QED) is 0.937. The molecule has 2 aromatic heterocycles. The Bertz CT molecular complexity index is 681. The van der Waals surface area contributed by atoms with Crippen molar-refractivity contribution >= 4 is 5.91 Å². The smallest absolute Gasteiger partial charge is 0.287 e. The first-order chi connectivity index (χ1) is 11.2. The Hall–Kier alpha value is -2.81. The Morgan fingerprint density at radius 2 is 2.13 bits per heavy atom. The average Bonchev–Trinajstić information content (AvgIpc) is 3.12. The highest BCUT2D eigenvalue weighted by molar-refractivity contribution is 5.91. The van der Waals surface area contributed by atoms with E-state index in [2.05, 4.69) is 10.3 Å². The van der Waals surface area contributed by atoms with E-state index in [1.807, 2.05) is 6.07 Å². The fourth-order valence-electron chi connectivity index (χ4n) is 2.68. The van der Waals surface area contributed by atoms with E-state index in [0.29, 0.717) is 17.2 Å². The summed E-state index contributed by atoms with van der Waals surface area (Å²) in [5.74, 6) is 0.699. The molecule has 3 rings (SSSR count). The molecular formula is C17H17N3O3. The molecule has 0 radical (unpaired) electrons. The highest BCUT2D eigenvalue weighted by Gasteiger charge is 2.24. The first-order valence-electron chi connectivity index (χ1n) is 7.62. The van der Waals surface area contributed by atoms with Crippen molar-refractivity contribution in [1.82, 2.24) is 10.3 Å². The second kappa shape index (κ2) is 6.97. The number of furan rings is 1. The van der Waals surface area contributed by atoms with Gasteiger partial charge in [-0.2, -0.15) is 5.26 Å². The van der Waals surface area contributed by atoms with Crippen LogP contribution in [0.15, 0.2) is 41.1 Å². The second-order valence-corrected chi connectivity index (χ2v) is 5.54. The summed E-state index contributed by atoms with van der Waals surface area (Å²) in [7, 11) is 0. The molecule has 2 aromatic rings. The molecule has 0 atom stereocenters. The molecule has 118 valence electrons. The summed E-state index contributed by atoms with van der Waals surface area (Å²) in [6.07, 6.45) is 6.50. The number of ether oxygens (including phenoxy) is 1. The lowest BCUT2D eigenvalue weighted by Crippen LogP contribution is -2.39. The third kappa shape index (κ3) is 3.89. The second-order valence-electron chi connectivity index (χ2n) is 5.54. The third-order valence-electron chi connectivity index (χ3n) is 3.91. The van der Waals surface area contributed by atoms with Crippen LogP contribution in [0.5, 0.6) is 5.88 Å². The molecule has 2 heterocycles. The number of amides is 1. The Morgan fingerprint density at radius 3 is 2.74 bits per heavy atom. The molecule has 0 spiro atoms. The molecule has 6 nitrogen and oxygen atoms in total. The van der Waals surface area contributed by atoms with Gasteiger partial charge in [-0.25, -0.2) is 4.98 Å². The van der Waals surface area contributed by atoms with Crippen LogP contribution < -0.4 is 10.1 Å². The van der Waals surface area contributed by atoms with Gasteiger partial charge in [0.25, 0.3) is 5.91 Å². The van der Waals surface area contributed by atoms with Gasteiger partial charge in [0.15, 0.2) is 5.76 Å². The lowest BCUT2D eigenvalue weighted by atomic mass is 9.93. The molecule has 0 unspecified atom stereocenters. The number of carbonyl (C=O) groups is 1. The van der Waals surface area contributed by atoms with Crippen LogP contribution >= 0.6 is 0 Å². The molecule has 23 heavy (non-hydrogen) atoms. The van der Waals surface area contributed by atoms with E-state index in [1.54, 1.807) is 24.3 Å². The van der Waals surface area contributed by atoms with Gasteiger partial charge in [0.1, 0.15) is 12.2 Å². The molecular weight excluding hydrogens is 294 g/mol. The minimum Gasteiger partial charge on any atom is -0.474 e. The summed E-state index contributed by atoms with van der Waals surface area (Å²) in [6.45, 7) is 0. The van der Waals surface area contributed by atoms with Crippen molar-refractivity contribution in [3.8, 4) is 11.9 Å². The van der Waals surface area contributed by atoms with Gasteiger partial charge in [0.2, 0.25) is 5.88 Å². The van der Waals surface area contributed by atoms with E-state index in [1.165, 1.54) is 12.5 Å². The number of pyridine rings is 1. The van der Waals surface area contributed by atoms with Gasteiger partial charge < -0.3 is 14.5 Å². The molecule has 1 aliphatic carbocycles. The third-order valence-corrected chi connectivity index (χ3v) is 3.91. The molecule has 1 N–H and O–H groups in total. The van der Waals surface area contributed by atoms with Crippen molar-refractivity contribution in [1.29, 1.82) is 5.26 Å². The van der Waals surface area contributed by atoms with E-state index in [0.717, 1.165) is 25.7 Å². The highest BCUT2D eigenvalue weighted by Crippen LogP contribution is 2.23. The van der Waals surface area contributed by atoms with Crippen LogP contribution in [-0.4, -0.2) is 23.0 Å². The molecule has 6 heteroatoms. The summed E-state index contributed by atoms with van der Waals surface area (Å²) in [4.78, 5) is 16.1. The van der Waals surface area contributed by atoms with Gasteiger partial charge >= 0.3 is 0 Å². The maximum atomic E-state index is 11.9. The number of hydrogen-bond acceptors (Lipinski definition) is 5. The van der Waals surface area contributed by atoms with Crippen LogP contribution in [-0.2, 0) is 0 Å². The van der Waals surface area contributed by atoms with Gasteiger partial charge in [0.05, 0.1) is 11.8 Å². The van der Waals surface area contributed by atoms with E-state index >= 15 is 0 Å². The van der Waals surface area contributed by atoms with Crippen molar-refractivity contribution < 1.29 is 13.9 Å². The van der Waals surface area contributed by atoms with Crippen LogP contribution in [0.4, 0.5) is 0 Å². The zero-order chi connectivity index (χ0) is 16.1. The van der Waals surface area contributed by atoms with Crippen molar-refractivity contribution in [2.75, 3.05) is 0 Å². The topological polar surface area (TPSA) is 88.1 Å². The van der Waals surface area contributed by atoms with Gasteiger partial charge in [0, 0.05) is 18.3 Å². The van der Waals surface area contributed by atoms with Gasteiger partial charge in [-0.15, -0.1) is 0 Å². The summed E-state index contributed by atoms with van der Waals surface area (Å²) in [5.41, 5.74) is 0.515. The van der Waals surface area contributed by atoms with Gasteiger partial charge in [-0.3, -0.25) is 4.79 Å². The van der Waals surface area contributed by atoms with Crippen LogP contribution in [0.2, 0.25) is 0 Å². The highest BCUT2D eigenvalue weighted by atomic mass is 16.5. The Labute approximate surface area is 134 Å². The lowest BCUT2D eigenvalue weighted by Gasteiger charge is -2.28. The number of nitrogens with zero attached hydrogens (tertiary/aromatic N) is 2. The summed E-state index contributed by atoms with van der Waals surface area (Å²) in [6, 6.07) is 8.92. The van der Waals surface area contributed by atoms with E-state index in [-0.39, 0.29) is 18.1 Å². The number of aromatic nitrogens is 1. The van der Waals surface area contributed by atoms with Crippen molar-refractivity contribution in [2.45, 2.75) is 37.8 Å².